The Morgan fingerprint density at radius 1 is 1.40 bits per heavy atom. The summed E-state index contributed by atoms with van der Waals surface area (Å²) in [5.41, 5.74) is 2.05. The molecule has 0 atom stereocenters. The van der Waals surface area contributed by atoms with Crippen LogP contribution in [0.25, 0.3) is 0 Å². The van der Waals surface area contributed by atoms with E-state index in [2.05, 4.69) is 29.4 Å². The molecule has 0 fully saturated rings. The minimum absolute atomic E-state index is 0.0397. The number of nitrogens with one attached hydrogen (secondary N) is 3. The van der Waals surface area contributed by atoms with Gasteiger partial charge in [-0.1, -0.05) is 23.7 Å². The Balaban J connectivity index is 2.26. The van der Waals surface area contributed by atoms with Gasteiger partial charge in [0.05, 0.1) is 17.3 Å². The van der Waals surface area contributed by atoms with Gasteiger partial charge in [0, 0.05) is 6.54 Å². The molecule has 0 aliphatic heterocycles. The van der Waals surface area contributed by atoms with Gasteiger partial charge in [0.15, 0.2) is 11.5 Å². The fraction of sp³-hybridized carbons (Fsp3) is 0.250. The molecule has 0 saturated heterocycles. The average molecular weight is 393 g/mol. The molecule has 0 aliphatic carbocycles. The molecule has 0 bridgehead atoms. The maximum absolute atomic E-state index is 13.2. The number of benzene rings is 1. The summed E-state index contributed by atoms with van der Waals surface area (Å²) in [6, 6.07) is 3.65. The van der Waals surface area contributed by atoms with Crippen molar-refractivity contribution in [1.82, 2.24) is 25.2 Å². The molecule has 2 rings (SSSR count). The lowest BCUT2D eigenvalue weighted by atomic mass is 10.3. The van der Waals surface area contributed by atoms with E-state index >= 15 is 0 Å². The minimum Gasteiger partial charge on any atom is -0.290 e. The van der Waals surface area contributed by atoms with Gasteiger partial charge in [0.25, 0.3) is 10.2 Å². The first-order valence-corrected chi connectivity index (χ1v) is 8.72. The van der Waals surface area contributed by atoms with E-state index in [1.165, 1.54) is 12.1 Å². The van der Waals surface area contributed by atoms with E-state index in [9.17, 15) is 18.0 Å². The average Bonchev–Trinajstić information content (AvgIpc) is 3.02. The molecule has 1 aromatic heterocycles. The lowest BCUT2D eigenvalue weighted by Gasteiger charge is -2.06. The summed E-state index contributed by atoms with van der Waals surface area (Å²) in [6.07, 6.45) is 0. The van der Waals surface area contributed by atoms with Crippen molar-refractivity contribution in [2.75, 3.05) is 6.54 Å². The molecule has 1 heterocycles. The zero-order chi connectivity index (χ0) is 18.4. The second-order valence-corrected chi connectivity index (χ2v) is 6.54. The molecular formula is C12H14ClFN6O4S. The number of amidine groups is 1. The third kappa shape index (κ3) is 5.17. The zero-order valence-corrected chi connectivity index (χ0v) is 14.4. The number of rotatable bonds is 7. The number of aliphatic imine (C=N–C) groups is 1. The maximum Gasteiger partial charge on any atom is 0.277 e. The summed E-state index contributed by atoms with van der Waals surface area (Å²) >= 11 is 5.67. The zero-order valence-electron chi connectivity index (χ0n) is 12.8. The molecular weight excluding hydrogens is 379 g/mol. The summed E-state index contributed by atoms with van der Waals surface area (Å²) < 4.78 is 45.4. The highest BCUT2D eigenvalue weighted by molar-refractivity contribution is 7.87. The largest absolute Gasteiger partial charge is 0.290 e. The number of hydroxylamine groups is 1. The Morgan fingerprint density at radius 3 is 2.80 bits per heavy atom. The molecule has 0 saturated carbocycles. The predicted molar refractivity (Wildman–Crippen MR) is 86.3 cm³/mol. The molecule has 10 nitrogen and oxygen atoms in total. The molecule has 0 amide bonds. The van der Waals surface area contributed by atoms with E-state index in [4.69, 9.17) is 11.6 Å². The third-order valence-corrected chi connectivity index (χ3v) is 4.28. The first-order chi connectivity index (χ1) is 11.9. The van der Waals surface area contributed by atoms with E-state index in [0.29, 0.717) is 0 Å². The molecule has 13 heteroatoms. The second-order valence-electron chi connectivity index (χ2n) is 4.55. The second kappa shape index (κ2) is 8.31. The van der Waals surface area contributed by atoms with Crippen LogP contribution in [0.3, 0.4) is 0 Å². The topological polar surface area (TPSA) is 142 Å². The fourth-order valence-corrected chi connectivity index (χ4v) is 2.70. The van der Waals surface area contributed by atoms with Crippen LogP contribution in [0.4, 0.5) is 10.1 Å². The number of hydrogen-bond donors (Lipinski definition) is 4. The molecule has 0 aliphatic rings. The van der Waals surface area contributed by atoms with Crippen molar-refractivity contribution >= 4 is 33.3 Å². The molecule has 25 heavy (non-hydrogen) atoms. The van der Waals surface area contributed by atoms with Crippen molar-refractivity contribution in [3.8, 4) is 0 Å². The van der Waals surface area contributed by atoms with Crippen molar-refractivity contribution in [3.63, 3.8) is 0 Å². The molecule has 1 aromatic carbocycles. The lowest BCUT2D eigenvalue weighted by molar-refractivity contribution is 0.234. The fourth-order valence-electron chi connectivity index (χ4n) is 1.72. The first-order valence-electron chi connectivity index (χ1n) is 6.86. The van der Waals surface area contributed by atoms with Crippen molar-refractivity contribution in [2.24, 2.45) is 4.99 Å². The first kappa shape index (κ1) is 19.2. The third-order valence-electron chi connectivity index (χ3n) is 2.79. The monoisotopic (exact) mass is 392 g/mol. The van der Waals surface area contributed by atoms with Crippen LogP contribution in [0.1, 0.15) is 18.3 Å². The molecule has 136 valence electrons. The number of nitrogens with zero attached hydrogens (tertiary/aromatic N) is 3. The summed E-state index contributed by atoms with van der Waals surface area (Å²) in [6.45, 7) is 1.56. The smallest absolute Gasteiger partial charge is 0.277 e. The summed E-state index contributed by atoms with van der Waals surface area (Å²) in [5, 5.41) is 16.2. The van der Waals surface area contributed by atoms with Gasteiger partial charge >= 0.3 is 0 Å². The van der Waals surface area contributed by atoms with E-state index in [1.807, 2.05) is 5.48 Å². The van der Waals surface area contributed by atoms with Crippen LogP contribution in [-0.4, -0.2) is 36.3 Å². The van der Waals surface area contributed by atoms with Gasteiger partial charge in [0.2, 0.25) is 0 Å². The van der Waals surface area contributed by atoms with Gasteiger partial charge in [-0.15, -0.1) is 0 Å². The Kier molecular flexibility index (Phi) is 6.39. The molecule has 0 spiro atoms. The maximum atomic E-state index is 13.2. The van der Waals surface area contributed by atoms with Crippen molar-refractivity contribution in [3.05, 3.63) is 40.4 Å². The number of halogens is 2. The van der Waals surface area contributed by atoms with E-state index in [1.54, 1.807) is 6.92 Å². The predicted octanol–water partition coefficient (Wildman–Crippen LogP) is 0.863. The highest BCUT2D eigenvalue weighted by Crippen LogP contribution is 2.22. The van der Waals surface area contributed by atoms with Gasteiger partial charge in [-0.2, -0.15) is 13.1 Å². The van der Waals surface area contributed by atoms with E-state index in [0.717, 1.165) is 6.07 Å². The van der Waals surface area contributed by atoms with Crippen molar-refractivity contribution in [2.45, 2.75) is 13.5 Å². The van der Waals surface area contributed by atoms with Crippen LogP contribution in [0, 0.1) is 5.82 Å². The van der Waals surface area contributed by atoms with Gasteiger partial charge in [-0.05, 0) is 23.4 Å². The Labute approximate surface area is 147 Å². The van der Waals surface area contributed by atoms with Crippen LogP contribution in [-0.2, 0) is 16.8 Å². The highest BCUT2D eigenvalue weighted by atomic mass is 35.5. The molecule has 0 unspecified atom stereocenters. The number of hydrogen-bond acceptors (Lipinski definition) is 7. The summed E-state index contributed by atoms with van der Waals surface area (Å²) in [4.78, 5) is 4.01. The van der Waals surface area contributed by atoms with Crippen LogP contribution < -0.4 is 14.9 Å². The van der Waals surface area contributed by atoms with Crippen molar-refractivity contribution in [1.29, 1.82) is 0 Å². The Morgan fingerprint density at radius 2 is 2.16 bits per heavy atom. The summed E-state index contributed by atoms with van der Waals surface area (Å²) in [7, 11) is -3.72. The van der Waals surface area contributed by atoms with Crippen LogP contribution >= 0.6 is 11.6 Å². The Bertz CT molecular complexity index is 872. The standard InChI is InChI=1S/C12H14ClFN6O4S/c1-2-15-25(22,23)16-6-10-11(20-24-19-10)12(18-21)17-7-3-4-9(14)8(13)5-7/h3-5,15-16,21H,2,6H2,1H3,(H,17,18). The molecule has 0 radical (unpaired) electrons. The molecule has 4 N–H and O–H groups in total. The van der Waals surface area contributed by atoms with Gasteiger partial charge < -0.3 is 0 Å². The van der Waals surface area contributed by atoms with Crippen LogP contribution in [0.5, 0.6) is 0 Å². The lowest BCUT2D eigenvalue weighted by Crippen LogP contribution is -2.36. The van der Waals surface area contributed by atoms with Crippen LogP contribution in [0.2, 0.25) is 5.02 Å². The van der Waals surface area contributed by atoms with Gasteiger partial charge in [-0.3, -0.25) is 10.7 Å². The van der Waals surface area contributed by atoms with E-state index < -0.39 is 16.0 Å². The highest BCUT2D eigenvalue weighted by Gasteiger charge is 2.18. The summed E-state index contributed by atoms with van der Waals surface area (Å²) in [5.74, 6) is -0.817. The quantitative estimate of drug-likeness (QED) is 0.311. The van der Waals surface area contributed by atoms with Gasteiger partial charge in [0.1, 0.15) is 11.5 Å². The van der Waals surface area contributed by atoms with Crippen LogP contribution in [0.15, 0.2) is 27.8 Å². The van der Waals surface area contributed by atoms with Gasteiger partial charge in [-0.25, -0.2) is 18.7 Å². The molecule has 2 aromatic rings. The SMILES string of the molecule is CCNS(=O)(=O)NCc1nonc1C(=Nc1ccc(F)c(Cl)c1)NO. The van der Waals surface area contributed by atoms with E-state index in [-0.39, 0.29) is 41.0 Å². The normalized spacial score (nSPS) is 12.4. The number of aromatic nitrogens is 2. The minimum atomic E-state index is -3.72. The Hall–Kier alpha value is -2.12. The van der Waals surface area contributed by atoms with Crippen molar-refractivity contribution < 1.29 is 22.6 Å².